The Morgan fingerprint density at radius 2 is 2.23 bits per heavy atom. The summed E-state index contributed by atoms with van der Waals surface area (Å²) in [5, 5.41) is 13.2. The predicted molar refractivity (Wildman–Crippen MR) is 105 cm³/mol. The van der Waals surface area contributed by atoms with Gasteiger partial charge < -0.3 is 10.1 Å². The van der Waals surface area contributed by atoms with Gasteiger partial charge in [0, 0.05) is 11.3 Å². The summed E-state index contributed by atoms with van der Waals surface area (Å²) < 4.78 is 5.73. The number of carbonyl (C=O) groups excluding carboxylic acids is 1. The van der Waals surface area contributed by atoms with E-state index in [0.29, 0.717) is 30.9 Å². The van der Waals surface area contributed by atoms with Gasteiger partial charge in [0.05, 0.1) is 12.2 Å². The van der Waals surface area contributed by atoms with Gasteiger partial charge >= 0.3 is 0 Å². The summed E-state index contributed by atoms with van der Waals surface area (Å²) >= 11 is 1.57. The number of benzene rings is 1. The molecule has 26 heavy (non-hydrogen) atoms. The molecule has 1 aliphatic rings. The van der Waals surface area contributed by atoms with Gasteiger partial charge in [-0.15, -0.1) is 11.3 Å². The minimum absolute atomic E-state index is 0.0541. The molecule has 1 unspecified atom stereocenters. The van der Waals surface area contributed by atoms with Crippen LogP contribution in [0.25, 0.3) is 0 Å². The van der Waals surface area contributed by atoms with E-state index in [1.165, 1.54) is 4.88 Å². The Balaban J connectivity index is 1.52. The number of thiophene rings is 1. The van der Waals surface area contributed by atoms with Gasteiger partial charge in [-0.1, -0.05) is 25.1 Å². The molecule has 1 aromatic carbocycles. The average Bonchev–Trinajstić information content (AvgIpc) is 2.95. The molecule has 1 amide bonds. The zero-order valence-corrected chi connectivity index (χ0v) is 16.1. The number of carbonyl (C=O) groups is 1. The van der Waals surface area contributed by atoms with E-state index in [-0.39, 0.29) is 5.91 Å². The molecule has 0 aliphatic heterocycles. The van der Waals surface area contributed by atoms with E-state index < -0.39 is 0 Å². The smallest absolute Gasteiger partial charge is 0.225 e. The van der Waals surface area contributed by atoms with Gasteiger partial charge in [0.15, 0.2) is 0 Å². The monoisotopic (exact) mass is 368 g/mol. The molecule has 136 valence electrons. The highest BCUT2D eigenvalue weighted by Gasteiger charge is 2.24. The van der Waals surface area contributed by atoms with Crippen molar-refractivity contribution in [1.29, 1.82) is 5.26 Å². The Bertz CT molecular complexity index is 835. The number of hydrogen-bond acceptors (Lipinski definition) is 4. The van der Waals surface area contributed by atoms with Gasteiger partial charge in [0.2, 0.25) is 5.91 Å². The Labute approximate surface area is 158 Å². The summed E-state index contributed by atoms with van der Waals surface area (Å²) in [7, 11) is 0. The van der Waals surface area contributed by atoms with Crippen molar-refractivity contribution in [3.8, 4) is 11.8 Å². The number of fused-ring (bicyclic) bond motifs is 1. The van der Waals surface area contributed by atoms with Crippen LogP contribution < -0.4 is 10.1 Å². The maximum Gasteiger partial charge on any atom is 0.225 e. The Kier molecular flexibility index (Phi) is 5.95. The lowest BCUT2D eigenvalue weighted by Gasteiger charge is -2.17. The topological polar surface area (TPSA) is 62.1 Å². The number of hydrogen-bond donors (Lipinski definition) is 1. The first-order chi connectivity index (χ1) is 12.6. The Morgan fingerprint density at radius 1 is 1.42 bits per heavy atom. The van der Waals surface area contributed by atoms with Crippen LogP contribution in [-0.4, -0.2) is 12.5 Å². The van der Waals surface area contributed by atoms with Crippen LogP contribution >= 0.6 is 11.3 Å². The maximum absolute atomic E-state index is 12.3. The van der Waals surface area contributed by atoms with E-state index >= 15 is 0 Å². The van der Waals surface area contributed by atoms with Crippen molar-refractivity contribution >= 4 is 22.2 Å². The van der Waals surface area contributed by atoms with Gasteiger partial charge in [0.1, 0.15) is 16.8 Å². The van der Waals surface area contributed by atoms with Gasteiger partial charge in [-0.2, -0.15) is 5.26 Å². The molecule has 1 aromatic heterocycles. The first-order valence-electron chi connectivity index (χ1n) is 9.11. The third kappa shape index (κ3) is 4.25. The number of amides is 1. The van der Waals surface area contributed by atoms with Crippen LogP contribution in [0, 0.1) is 24.2 Å². The van der Waals surface area contributed by atoms with E-state index in [1.807, 2.05) is 31.2 Å². The molecule has 0 radical (unpaired) electrons. The number of nitrogens with zero attached hydrogens (tertiary/aromatic N) is 1. The van der Waals surface area contributed by atoms with E-state index in [1.54, 1.807) is 11.3 Å². The number of nitriles is 1. The molecular weight excluding hydrogens is 344 g/mol. The summed E-state index contributed by atoms with van der Waals surface area (Å²) in [5.41, 5.74) is 2.91. The second-order valence-electron chi connectivity index (χ2n) is 6.93. The van der Waals surface area contributed by atoms with Gasteiger partial charge in [-0.05, 0) is 55.7 Å². The molecule has 3 rings (SSSR count). The van der Waals surface area contributed by atoms with Gasteiger partial charge in [-0.25, -0.2) is 0 Å². The standard InChI is InChI=1S/C21H24N2O2S/c1-14-9-10-16-17(13-22)21(26-19(16)12-14)23-20(24)8-5-11-25-18-7-4-3-6-15(18)2/h3-4,6-7,14H,5,8-12H2,1-2H3,(H,23,24). The van der Waals surface area contributed by atoms with Crippen molar-refractivity contribution in [2.24, 2.45) is 5.92 Å². The number of rotatable bonds is 6. The summed E-state index contributed by atoms with van der Waals surface area (Å²) in [6.45, 7) is 4.74. The third-order valence-corrected chi connectivity index (χ3v) is 5.95. The minimum Gasteiger partial charge on any atom is -0.493 e. The van der Waals surface area contributed by atoms with E-state index in [2.05, 4.69) is 18.3 Å². The first-order valence-corrected chi connectivity index (χ1v) is 9.93. The SMILES string of the molecule is Cc1ccccc1OCCCC(=O)Nc1sc2c(c1C#N)CCC(C)C2. The molecule has 1 heterocycles. The van der Waals surface area contributed by atoms with Crippen LogP contribution in [0.5, 0.6) is 5.75 Å². The number of aryl methyl sites for hydroxylation is 1. The van der Waals surface area contributed by atoms with Crippen LogP contribution in [0.15, 0.2) is 24.3 Å². The Morgan fingerprint density at radius 3 is 3.00 bits per heavy atom. The second kappa shape index (κ2) is 8.37. The fourth-order valence-corrected chi connectivity index (χ4v) is 4.66. The largest absolute Gasteiger partial charge is 0.493 e. The van der Waals surface area contributed by atoms with Crippen molar-refractivity contribution < 1.29 is 9.53 Å². The second-order valence-corrected chi connectivity index (χ2v) is 8.04. The summed E-state index contributed by atoms with van der Waals surface area (Å²) in [6, 6.07) is 10.1. The number of para-hydroxylation sites is 1. The van der Waals surface area contributed by atoms with Gasteiger partial charge in [-0.3, -0.25) is 4.79 Å². The van der Waals surface area contributed by atoms with Crippen LogP contribution in [0.4, 0.5) is 5.00 Å². The van der Waals surface area contributed by atoms with Crippen LogP contribution in [-0.2, 0) is 17.6 Å². The molecule has 1 aliphatic carbocycles. The normalized spacial score (nSPS) is 15.8. The van der Waals surface area contributed by atoms with E-state index in [0.717, 1.165) is 41.1 Å². The lowest BCUT2D eigenvalue weighted by atomic mass is 9.89. The van der Waals surface area contributed by atoms with E-state index in [4.69, 9.17) is 4.74 Å². The molecule has 0 saturated heterocycles. The zero-order valence-electron chi connectivity index (χ0n) is 15.3. The van der Waals surface area contributed by atoms with Crippen LogP contribution in [0.3, 0.4) is 0 Å². The molecule has 5 heteroatoms. The highest BCUT2D eigenvalue weighted by Crippen LogP contribution is 2.39. The lowest BCUT2D eigenvalue weighted by molar-refractivity contribution is -0.116. The number of nitrogens with one attached hydrogen (secondary N) is 1. The predicted octanol–water partition coefficient (Wildman–Crippen LogP) is 4.85. The fraction of sp³-hybridized carbons (Fsp3) is 0.429. The molecule has 0 bridgehead atoms. The molecular formula is C21H24N2O2S. The minimum atomic E-state index is -0.0541. The summed E-state index contributed by atoms with van der Waals surface area (Å²) in [4.78, 5) is 13.5. The number of anilines is 1. The third-order valence-electron chi connectivity index (χ3n) is 4.78. The molecule has 0 fully saturated rings. The van der Waals surface area contributed by atoms with Gasteiger partial charge in [0.25, 0.3) is 0 Å². The Hall–Kier alpha value is -2.32. The highest BCUT2D eigenvalue weighted by atomic mass is 32.1. The number of ether oxygens (including phenoxy) is 1. The quantitative estimate of drug-likeness (QED) is 0.741. The molecule has 2 aromatic rings. The lowest BCUT2D eigenvalue weighted by Crippen LogP contribution is -2.13. The molecule has 1 N–H and O–H groups in total. The van der Waals surface area contributed by atoms with Crippen molar-refractivity contribution in [1.82, 2.24) is 0 Å². The van der Waals surface area contributed by atoms with Crippen LogP contribution in [0.2, 0.25) is 0 Å². The first kappa shape index (κ1) is 18.5. The van der Waals surface area contributed by atoms with Crippen LogP contribution in [0.1, 0.15) is 47.8 Å². The highest BCUT2D eigenvalue weighted by molar-refractivity contribution is 7.16. The molecule has 4 nitrogen and oxygen atoms in total. The van der Waals surface area contributed by atoms with E-state index in [9.17, 15) is 10.1 Å². The van der Waals surface area contributed by atoms with Crippen molar-refractivity contribution in [3.05, 3.63) is 45.8 Å². The molecule has 1 atom stereocenters. The summed E-state index contributed by atoms with van der Waals surface area (Å²) in [6.07, 6.45) is 4.09. The average molecular weight is 369 g/mol. The zero-order chi connectivity index (χ0) is 18.5. The maximum atomic E-state index is 12.3. The van der Waals surface area contributed by atoms with Crippen molar-refractivity contribution in [2.45, 2.75) is 46.0 Å². The van der Waals surface area contributed by atoms with Crippen molar-refractivity contribution in [3.63, 3.8) is 0 Å². The fourth-order valence-electron chi connectivity index (χ4n) is 3.28. The van der Waals surface area contributed by atoms with Crippen molar-refractivity contribution in [2.75, 3.05) is 11.9 Å². The molecule has 0 spiro atoms. The molecule has 0 saturated carbocycles. The summed E-state index contributed by atoms with van der Waals surface area (Å²) in [5.74, 6) is 1.45.